The molecule has 130 valence electrons. The van der Waals surface area contributed by atoms with Crippen LogP contribution in [0.4, 0.5) is 0 Å². The van der Waals surface area contributed by atoms with Crippen molar-refractivity contribution >= 4 is 23.3 Å². The van der Waals surface area contributed by atoms with E-state index in [2.05, 4.69) is 43.9 Å². The Morgan fingerprint density at radius 1 is 1.26 bits per heavy atom. The summed E-state index contributed by atoms with van der Waals surface area (Å²) < 4.78 is 28.7. The molecule has 0 saturated carbocycles. The van der Waals surface area contributed by atoms with Gasteiger partial charge in [-0.1, -0.05) is 49.1 Å². The quantitative estimate of drug-likeness (QED) is 0.825. The summed E-state index contributed by atoms with van der Waals surface area (Å²) in [6.45, 7) is 10.1. The first-order valence-electron chi connectivity index (χ1n) is 8.29. The van der Waals surface area contributed by atoms with Crippen LogP contribution >= 0.6 is 0 Å². The molecule has 1 aromatic rings. The van der Waals surface area contributed by atoms with E-state index in [1.807, 2.05) is 0 Å². The first-order chi connectivity index (χ1) is 10.6. The fourth-order valence-electron chi connectivity index (χ4n) is 3.26. The highest BCUT2D eigenvalue weighted by Crippen LogP contribution is 2.35. The van der Waals surface area contributed by atoms with Crippen LogP contribution in [0.1, 0.15) is 31.2 Å². The molecule has 0 spiro atoms. The van der Waals surface area contributed by atoms with E-state index in [0.29, 0.717) is 18.9 Å². The van der Waals surface area contributed by atoms with Gasteiger partial charge in [-0.2, -0.15) is 0 Å². The van der Waals surface area contributed by atoms with Crippen molar-refractivity contribution in [2.45, 2.75) is 50.6 Å². The van der Waals surface area contributed by atoms with Crippen molar-refractivity contribution in [3.8, 4) is 0 Å². The summed E-state index contributed by atoms with van der Waals surface area (Å²) in [4.78, 5) is 0. The molecule has 0 amide bonds. The molecule has 1 saturated heterocycles. The average molecular weight is 356 g/mol. The maximum atomic E-state index is 11.5. The van der Waals surface area contributed by atoms with E-state index in [9.17, 15) is 8.42 Å². The van der Waals surface area contributed by atoms with Crippen LogP contribution in [-0.4, -0.2) is 35.0 Å². The summed E-state index contributed by atoms with van der Waals surface area (Å²) in [5.74, 6) is 0.554. The van der Waals surface area contributed by atoms with Crippen LogP contribution in [0.2, 0.25) is 19.6 Å². The Morgan fingerprint density at radius 3 is 2.39 bits per heavy atom. The van der Waals surface area contributed by atoms with E-state index < -0.39 is 23.3 Å². The predicted molar refractivity (Wildman–Crippen MR) is 98.3 cm³/mol. The minimum atomic E-state index is -3.48. The summed E-state index contributed by atoms with van der Waals surface area (Å²) in [5.41, 5.74) is 1.29. The molecule has 2 N–H and O–H groups in total. The van der Waals surface area contributed by atoms with Crippen molar-refractivity contribution in [2.75, 3.05) is 13.2 Å². The zero-order chi connectivity index (χ0) is 17.3. The van der Waals surface area contributed by atoms with Crippen molar-refractivity contribution in [3.05, 3.63) is 29.8 Å². The van der Waals surface area contributed by atoms with Gasteiger partial charge in [-0.3, -0.25) is 0 Å². The Balaban J connectivity index is 2.18. The van der Waals surface area contributed by atoms with E-state index >= 15 is 0 Å². The lowest BCUT2D eigenvalue weighted by Crippen LogP contribution is -2.37. The molecule has 0 bridgehead atoms. The lowest BCUT2D eigenvalue weighted by Gasteiger charge is -2.33. The van der Waals surface area contributed by atoms with E-state index in [4.69, 9.17) is 9.88 Å². The lowest BCUT2D eigenvalue weighted by atomic mass is 9.80. The largest absolute Gasteiger partial charge is 0.381 e. The molecule has 1 aliphatic heterocycles. The monoisotopic (exact) mass is 355 g/mol. The highest BCUT2D eigenvalue weighted by molar-refractivity contribution is 7.89. The number of hydrogen-bond donors (Lipinski definition) is 1. The van der Waals surface area contributed by atoms with Gasteiger partial charge in [0.05, 0.1) is 19.9 Å². The van der Waals surface area contributed by atoms with Gasteiger partial charge in [-0.25, -0.2) is 13.6 Å². The van der Waals surface area contributed by atoms with Gasteiger partial charge in [-0.05, 0) is 37.2 Å². The summed E-state index contributed by atoms with van der Waals surface area (Å²) in [5, 5.41) is 6.20. The van der Waals surface area contributed by atoms with Gasteiger partial charge >= 0.3 is 0 Å². The molecule has 1 fully saturated rings. The Morgan fingerprint density at radius 2 is 1.87 bits per heavy atom. The number of hydrogen-bond acceptors (Lipinski definition) is 3. The third-order valence-corrected chi connectivity index (χ3v) is 8.25. The van der Waals surface area contributed by atoms with E-state index in [1.54, 1.807) is 6.92 Å². The fourth-order valence-corrected chi connectivity index (χ4v) is 4.94. The molecule has 2 rings (SSSR count). The first kappa shape index (κ1) is 18.6. The van der Waals surface area contributed by atoms with E-state index in [-0.39, 0.29) is 5.92 Å². The minimum absolute atomic E-state index is 0.204. The van der Waals surface area contributed by atoms with Gasteiger partial charge in [0.15, 0.2) is 0 Å². The number of nitrogens with two attached hydrogens (primary N) is 1. The first-order valence-corrected chi connectivity index (χ1v) is 13.4. The highest BCUT2D eigenvalue weighted by Gasteiger charge is 2.31. The molecule has 3 atom stereocenters. The Kier molecular flexibility index (Phi) is 5.71. The molecule has 1 aromatic carbocycles. The molecule has 0 aliphatic carbocycles. The van der Waals surface area contributed by atoms with E-state index in [1.165, 1.54) is 10.8 Å². The van der Waals surface area contributed by atoms with Crippen LogP contribution in [0.25, 0.3) is 0 Å². The molecule has 1 aliphatic rings. The number of rotatable bonds is 5. The molecule has 4 nitrogen and oxygen atoms in total. The van der Waals surface area contributed by atoms with Crippen LogP contribution in [-0.2, 0) is 14.8 Å². The molecule has 23 heavy (non-hydrogen) atoms. The van der Waals surface area contributed by atoms with Gasteiger partial charge in [0.1, 0.15) is 0 Å². The second-order valence-corrected chi connectivity index (χ2v) is 14.8. The van der Waals surface area contributed by atoms with Crippen LogP contribution in [0.3, 0.4) is 0 Å². The highest BCUT2D eigenvalue weighted by atomic mass is 32.2. The van der Waals surface area contributed by atoms with Crippen LogP contribution in [0, 0.1) is 5.92 Å². The Labute approximate surface area is 141 Å². The zero-order valence-corrected chi connectivity index (χ0v) is 16.4. The van der Waals surface area contributed by atoms with Gasteiger partial charge in [0.2, 0.25) is 10.0 Å². The zero-order valence-electron chi connectivity index (χ0n) is 14.6. The second kappa shape index (κ2) is 7.05. The van der Waals surface area contributed by atoms with Crippen LogP contribution in [0.15, 0.2) is 24.3 Å². The predicted octanol–water partition coefficient (Wildman–Crippen LogP) is 2.42. The average Bonchev–Trinajstić information content (AvgIpc) is 2.46. The maximum absolute atomic E-state index is 11.5. The van der Waals surface area contributed by atoms with Crippen molar-refractivity contribution in [2.24, 2.45) is 11.1 Å². The van der Waals surface area contributed by atoms with Crippen molar-refractivity contribution in [3.63, 3.8) is 0 Å². The maximum Gasteiger partial charge on any atom is 0.211 e. The molecule has 1 heterocycles. The smallest absolute Gasteiger partial charge is 0.211 e. The van der Waals surface area contributed by atoms with Crippen molar-refractivity contribution in [1.29, 1.82) is 0 Å². The van der Waals surface area contributed by atoms with Crippen molar-refractivity contribution in [1.82, 2.24) is 0 Å². The van der Waals surface area contributed by atoms with Gasteiger partial charge in [0, 0.05) is 6.61 Å². The number of benzene rings is 1. The number of ether oxygens (including phenoxy) is 1. The summed E-state index contributed by atoms with van der Waals surface area (Å²) in [6, 6.07) is 8.94. The van der Waals surface area contributed by atoms with Crippen LogP contribution < -0.4 is 10.3 Å². The second-order valence-electron chi connectivity index (χ2n) is 7.74. The molecule has 0 aromatic heterocycles. The third-order valence-electron chi connectivity index (χ3n) is 4.87. The third kappa shape index (κ3) is 4.89. The Bertz CT molecular complexity index is 622. The number of primary sulfonamides is 1. The molecule has 1 unspecified atom stereocenters. The molecular weight excluding hydrogens is 326 g/mol. The normalized spacial score (nSPS) is 24.4. The summed E-state index contributed by atoms with van der Waals surface area (Å²) in [6.07, 6.45) is 1.49. The Hall–Kier alpha value is -0.693. The standard InChI is InChI=1S/C17H29NO3SSi/c1-13(22(18,19)20)11-15-12-21-10-9-17(15)14-5-7-16(8-6-14)23(2,3)4/h5-8,13,15,17H,9-12H2,1-4H3,(H2,18,19,20)/t13?,15-,17+/m0/s1. The minimum Gasteiger partial charge on any atom is -0.381 e. The summed E-state index contributed by atoms with van der Waals surface area (Å²) >= 11 is 0. The van der Waals surface area contributed by atoms with E-state index in [0.717, 1.165) is 13.0 Å². The molecule has 6 heteroatoms. The van der Waals surface area contributed by atoms with Gasteiger partial charge in [-0.15, -0.1) is 0 Å². The summed E-state index contributed by atoms with van der Waals surface area (Å²) in [7, 11) is -4.78. The van der Waals surface area contributed by atoms with Gasteiger partial charge in [0.25, 0.3) is 0 Å². The topological polar surface area (TPSA) is 69.4 Å². The fraction of sp³-hybridized carbons (Fsp3) is 0.647. The van der Waals surface area contributed by atoms with Gasteiger partial charge < -0.3 is 4.74 Å². The molecule has 0 radical (unpaired) electrons. The lowest BCUT2D eigenvalue weighted by molar-refractivity contribution is 0.0369. The number of sulfonamides is 1. The van der Waals surface area contributed by atoms with Crippen molar-refractivity contribution < 1.29 is 13.2 Å². The molecular formula is C17H29NO3SSi. The SMILES string of the molecule is CC(C[C@H]1COCC[C@@H]1c1ccc([Si](C)(C)C)cc1)S(N)(=O)=O. The van der Waals surface area contributed by atoms with Crippen LogP contribution in [0.5, 0.6) is 0 Å².